The largest absolute Gasteiger partial charge is 0.383 e. The zero-order chi connectivity index (χ0) is 10.8. The van der Waals surface area contributed by atoms with Crippen LogP contribution in [0.5, 0.6) is 0 Å². The molecule has 0 amide bonds. The molecule has 78 valence electrons. The Morgan fingerprint density at radius 2 is 2.07 bits per heavy atom. The van der Waals surface area contributed by atoms with Crippen molar-refractivity contribution in [1.29, 1.82) is 0 Å². The quantitative estimate of drug-likeness (QED) is 0.805. The van der Waals surface area contributed by atoms with Gasteiger partial charge in [0, 0.05) is 16.8 Å². The number of nitrogens with zero attached hydrogens (tertiary/aromatic N) is 2. The third kappa shape index (κ3) is 2.00. The normalized spacial score (nSPS) is 10.8. The minimum atomic E-state index is 0.450. The summed E-state index contributed by atoms with van der Waals surface area (Å²) < 4.78 is 0. The first-order valence-electron chi connectivity index (χ1n) is 4.62. The molecule has 0 radical (unpaired) electrons. The fraction of sp³-hybridized carbons (Fsp3) is 0.200. The van der Waals surface area contributed by atoms with Gasteiger partial charge in [-0.3, -0.25) is 0 Å². The van der Waals surface area contributed by atoms with Gasteiger partial charge in [0.2, 0.25) is 0 Å². The SMILES string of the molecule is NCCc1nc(N)c2cc(Cl)ccc2n1. The first-order chi connectivity index (χ1) is 7.20. The van der Waals surface area contributed by atoms with Crippen LogP contribution in [0, 0.1) is 0 Å². The maximum atomic E-state index is 5.86. The van der Waals surface area contributed by atoms with Gasteiger partial charge in [-0.1, -0.05) is 11.6 Å². The second-order valence-electron chi connectivity index (χ2n) is 3.23. The first-order valence-corrected chi connectivity index (χ1v) is 5.00. The summed E-state index contributed by atoms with van der Waals surface area (Å²) in [5, 5.41) is 1.41. The Balaban J connectivity index is 2.62. The molecule has 0 aliphatic rings. The van der Waals surface area contributed by atoms with Gasteiger partial charge in [-0.05, 0) is 24.7 Å². The molecular formula is C10H11ClN4. The first kappa shape index (κ1) is 10.1. The summed E-state index contributed by atoms with van der Waals surface area (Å²) in [6, 6.07) is 5.37. The molecule has 4 nitrogen and oxygen atoms in total. The van der Waals surface area contributed by atoms with Gasteiger partial charge in [0.05, 0.1) is 5.52 Å². The van der Waals surface area contributed by atoms with Crippen molar-refractivity contribution in [2.45, 2.75) is 6.42 Å². The van der Waals surface area contributed by atoms with Crippen molar-refractivity contribution in [3.05, 3.63) is 29.0 Å². The van der Waals surface area contributed by atoms with E-state index in [0.29, 0.717) is 29.6 Å². The topological polar surface area (TPSA) is 77.8 Å². The summed E-state index contributed by atoms with van der Waals surface area (Å²) in [5.41, 5.74) is 12.0. The molecule has 0 bridgehead atoms. The zero-order valence-electron chi connectivity index (χ0n) is 8.07. The van der Waals surface area contributed by atoms with Crippen molar-refractivity contribution in [1.82, 2.24) is 9.97 Å². The minimum absolute atomic E-state index is 0.450. The predicted octanol–water partition coefficient (Wildman–Crippen LogP) is 1.37. The third-order valence-corrected chi connectivity index (χ3v) is 2.34. The molecule has 0 unspecified atom stereocenters. The van der Waals surface area contributed by atoms with Gasteiger partial charge in [0.25, 0.3) is 0 Å². The maximum absolute atomic E-state index is 5.86. The summed E-state index contributed by atoms with van der Waals surface area (Å²) in [6.07, 6.45) is 0.628. The van der Waals surface area contributed by atoms with E-state index in [2.05, 4.69) is 9.97 Å². The molecule has 2 aromatic rings. The molecule has 1 aromatic carbocycles. The number of halogens is 1. The van der Waals surface area contributed by atoms with Gasteiger partial charge in [-0.2, -0.15) is 0 Å². The second-order valence-corrected chi connectivity index (χ2v) is 3.66. The number of rotatable bonds is 2. The summed E-state index contributed by atoms with van der Waals surface area (Å²) in [5.74, 6) is 1.12. The van der Waals surface area contributed by atoms with E-state index in [-0.39, 0.29) is 0 Å². The fourth-order valence-corrected chi connectivity index (χ4v) is 1.59. The van der Waals surface area contributed by atoms with E-state index in [1.54, 1.807) is 12.1 Å². The lowest BCUT2D eigenvalue weighted by atomic mass is 10.2. The van der Waals surface area contributed by atoms with Gasteiger partial charge in [0.1, 0.15) is 11.6 Å². The number of nitrogen functional groups attached to an aromatic ring is 1. The van der Waals surface area contributed by atoms with Crippen LogP contribution in [0.1, 0.15) is 5.82 Å². The van der Waals surface area contributed by atoms with Crippen LogP contribution in [0.4, 0.5) is 5.82 Å². The molecule has 1 heterocycles. The molecule has 0 aliphatic heterocycles. The molecule has 0 spiro atoms. The Bertz CT molecular complexity index is 498. The maximum Gasteiger partial charge on any atom is 0.135 e. The van der Waals surface area contributed by atoms with Gasteiger partial charge >= 0.3 is 0 Å². The number of aromatic nitrogens is 2. The Kier molecular flexibility index (Phi) is 2.70. The second kappa shape index (κ2) is 4.00. The number of anilines is 1. The van der Waals surface area contributed by atoms with Crippen LogP contribution in [0.3, 0.4) is 0 Å². The summed E-state index contributed by atoms with van der Waals surface area (Å²) >= 11 is 5.86. The standard InChI is InChI=1S/C10H11ClN4/c11-6-1-2-8-7(5-6)10(13)15-9(14-8)3-4-12/h1-2,5H,3-4,12H2,(H2,13,14,15). The van der Waals surface area contributed by atoms with Crippen LogP contribution in [0.25, 0.3) is 10.9 Å². The number of benzene rings is 1. The Hall–Kier alpha value is -1.39. The molecule has 4 N–H and O–H groups in total. The van der Waals surface area contributed by atoms with Crippen molar-refractivity contribution in [2.24, 2.45) is 5.73 Å². The molecule has 0 atom stereocenters. The molecule has 0 saturated heterocycles. The van der Waals surface area contributed by atoms with Gasteiger partial charge in [-0.25, -0.2) is 9.97 Å². The monoisotopic (exact) mass is 222 g/mol. The highest BCUT2D eigenvalue weighted by Crippen LogP contribution is 2.21. The highest BCUT2D eigenvalue weighted by atomic mass is 35.5. The summed E-state index contributed by atoms with van der Waals surface area (Å²) in [6.45, 7) is 0.512. The lowest BCUT2D eigenvalue weighted by molar-refractivity contribution is 0.882. The van der Waals surface area contributed by atoms with Crippen LogP contribution in [0.15, 0.2) is 18.2 Å². The van der Waals surface area contributed by atoms with E-state index >= 15 is 0 Å². The van der Waals surface area contributed by atoms with Gasteiger partial charge in [-0.15, -0.1) is 0 Å². The predicted molar refractivity (Wildman–Crippen MR) is 61.7 cm³/mol. The fourth-order valence-electron chi connectivity index (χ4n) is 1.42. The average molecular weight is 223 g/mol. The molecule has 2 rings (SSSR count). The smallest absolute Gasteiger partial charge is 0.135 e. The van der Waals surface area contributed by atoms with Crippen LogP contribution in [-0.2, 0) is 6.42 Å². The molecule has 0 fully saturated rings. The van der Waals surface area contributed by atoms with E-state index in [1.165, 1.54) is 0 Å². The molecule has 15 heavy (non-hydrogen) atoms. The summed E-state index contributed by atoms with van der Waals surface area (Å²) in [4.78, 5) is 8.50. The van der Waals surface area contributed by atoms with E-state index < -0.39 is 0 Å². The van der Waals surface area contributed by atoms with E-state index in [1.807, 2.05) is 6.07 Å². The Labute approximate surface area is 92.3 Å². The number of nitrogens with two attached hydrogens (primary N) is 2. The van der Waals surface area contributed by atoms with E-state index in [0.717, 1.165) is 10.9 Å². The van der Waals surface area contributed by atoms with E-state index in [4.69, 9.17) is 23.1 Å². The Morgan fingerprint density at radius 1 is 1.27 bits per heavy atom. The van der Waals surface area contributed by atoms with Crippen LogP contribution in [0.2, 0.25) is 5.02 Å². The van der Waals surface area contributed by atoms with Crippen molar-refractivity contribution >= 4 is 28.3 Å². The van der Waals surface area contributed by atoms with Crippen molar-refractivity contribution in [2.75, 3.05) is 12.3 Å². The molecular weight excluding hydrogens is 212 g/mol. The third-order valence-electron chi connectivity index (χ3n) is 2.10. The minimum Gasteiger partial charge on any atom is -0.383 e. The van der Waals surface area contributed by atoms with Crippen molar-refractivity contribution in [3.8, 4) is 0 Å². The highest BCUT2D eigenvalue weighted by Gasteiger charge is 2.04. The van der Waals surface area contributed by atoms with Crippen LogP contribution >= 0.6 is 11.6 Å². The van der Waals surface area contributed by atoms with Crippen LogP contribution in [-0.4, -0.2) is 16.5 Å². The van der Waals surface area contributed by atoms with E-state index in [9.17, 15) is 0 Å². The lowest BCUT2D eigenvalue weighted by Crippen LogP contribution is -2.08. The molecule has 0 saturated carbocycles. The van der Waals surface area contributed by atoms with Gasteiger partial charge < -0.3 is 11.5 Å². The lowest BCUT2D eigenvalue weighted by Gasteiger charge is -2.04. The van der Waals surface area contributed by atoms with Crippen molar-refractivity contribution in [3.63, 3.8) is 0 Å². The van der Waals surface area contributed by atoms with Crippen molar-refractivity contribution < 1.29 is 0 Å². The Morgan fingerprint density at radius 3 is 2.80 bits per heavy atom. The van der Waals surface area contributed by atoms with Crippen LogP contribution < -0.4 is 11.5 Å². The molecule has 5 heteroatoms. The average Bonchev–Trinajstić information content (AvgIpc) is 2.20. The number of fused-ring (bicyclic) bond motifs is 1. The highest BCUT2D eigenvalue weighted by molar-refractivity contribution is 6.31. The number of hydrogen-bond donors (Lipinski definition) is 2. The number of hydrogen-bond acceptors (Lipinski definition) is 4. The zero-order valence-corrected chi connectivity index (χ0v) is 8.83. The summed E-state index contributed by atoms with van der Waals surface area (Å²) in [7, 11) is 0. The molecule has 1 aromatic heterocycles. The molecule has 0 aliphatic carbocycles. The van der Waals surface area contributed by atoms with Gasteiger partial charge in [0.15, 0.2) is 0 Å².